The maximum Gasteiger partial charge on any atom is 0.227 e. The van der Waals surface area contributed by atoms with Crippen LogP contribution in [0.4, 0.5) is 4.39 Å². The van der Waals surface area contributed by atoms with Gasteiger partial charge in [0.15, 0.2) is 0 Å². The number of likely N-dealkylation sites (N-methyl/N-ethyl adjacent to an activating group) is 1. The molecule has 0 aromatic heterocycles. The molecule has 4 rings (SSSR count). The largest absolute Gasteiger partial charge is 0.490 e. The van der Waals surface area contributed by atoms with Crippen LogP contribution in [0.25, 0.3) is 0 Å². The van der Waals surface area contributed by atoms with E-state index in [1.807, 2.05) is 35.2 Å². The maximum absolute atomic E-state index is 14.1. The number of hydrogen-bond donors (Lipinski definition) is 0. The first-order valence-electron chi connectivity index (χ1n) is 11.7. The maximum atomic E-state index is 14.1. The lowest BCUT2D eigenvalue weighted by molar-refractivity contribution is -0.139. The number of benzene rings is 2. The van der Waals surface area contributed by atoms with Crippen LogP contribution in [-0.4, -0.2) is 78.9 Å². The number of halogens is 1. The monoisotopic (exact) mass is 453 g/mol. The van der Waals surface area contributed by atoms with E-state index in [4.69, 9.17) is 4.74 Å². The van der Waals surface area contributed by atoms with Gasteiger partial charge in [0.1, 0.15) is 17.7 Å². The number of ether oxygens (including phenoxy) is 1. The standard InChI is InChI=1S/C26H32FN3O3/c1-28-13-15-29(16-14-28)25(31)18-21-19-30(26(32)17-20-7-5-6-10-23(20)27)12-11-24(21)33-22-8-3-2-4-9-22/h2-10,21,24H,11-19H2,1H3/t21-,24-/m0/s1. The number of piperidine rings is 1. The molecule has 2 aliphatic rings. The third kappa shape index (κ3) is 6.11. The Labute approximate surface area is 194 Å². The highest BCUT2D eigenvalue weighted by Gasteiger charge is 2.35. The fourth-order valence-electron chi connectivity index (χ4n) is 4.59. The lowest BCUT2D eigenvalue weighted by Crippen LogP contribution is -2.52. The number of nitrogens with zero attached hydrogens (tertiary/aromatic N) is 3. The molecule has 0 saturated carbocycles. The highest BCUT2D eigenvalue weighted by Crippen LogP contribution is 2.27. The summed E-state index contributed by atoms with van der Waals surface area (Å²) in [6, 6.07) is 16.0. The van der Waals surface area contributed by atoms with E-state index in [0.29, 0.717) is 31.5 Å². The van der Waals surface area contributed by atoms with Gasteiger partial charge in [0.05, 0.1) is 6.42 Å². The summed E-state index contributed by atoms with van der Waals surface area (Å²) in [6.45, 7) is 4.15. The molecule has 6 nitrogen and oxygen atoms in total. The third-order valence-electron chi connectivity index (χ3n) is 6.64. The molecule has 2 amide bonds. The highest BCUT2D eigenvalue weighted by molar-refractivity contribution is 5.79. The van der Waals surface area contributed by atoms with Crippen LogP contribution in [0.1, 0.15) is 18.4 Å². The normalized spacial score (nSPS) is 21.6. The van der Waals surface area contributed by atoms with Crippen molar-refractivity contribution < 1.29 is 18.7 Å². The van der Waals surface area contributed by atoms with Crippen molar-refractivity contribution in [2.45, 2.75) is 25.4 Å². The van der Waals surface area contributed by atoms with Crippen molar-refractivity contribution in [3.05, 3.63) is 66.0 Å². The molecule has 2 aromatic carbocycles. The van der Waals surface area contributed by atoms with Crippen molar-refractivity contribution in [2.75, 3.05) is 46.3 Å². The highest BCUT2D eigenvalue weighted by atomic mass is 19.1. The quantitative estimate of drug-likeness (QED) is 0.675. The van der Waals surface area contributed by atoms with Crippen LogP contribution in [0, 0.1) is 11.7 Å². The molecule has 0 spiro atoms. The molecule has 176 valence electrons. The summed E-state index contributed by atoms with van der Waals surface area (Å²) in [6.07, 6.45) is 0.848. The molecule has 0 radical (unpaired) electrons. The molecule has 0 bridgehead atoms. The second-order valence-corrected chi connectivity index (χ2v) is 9.01. The van der Waals surface area contributed by atoms with Crippen molar-refractivity contribution in [3.63, 3.8) is 0 Å². The average molecular weight is 454 g/mol. The van der Waals surface area contributed by atoms with Crippen LogP contribution in [0.2, 0.25) is 0 Å². The summed E-state index contributed by atoms with van der Waals surface area (Å²) >= 11 is 0. The van der Waals surface area contributed by atoms with Crippen LogP contribution >= 0.6 is 0 Å². The summed E-state index contributed by atoms with van der Waals surface area (Å²) in [5.74, 6) is 0.282. The molecule has 2 saturated heterocycles. The second-order valence-electron chi connectivity index (χ2n) is 9.01. The van der Waals surface area contributed by atoms with Gasteiger partial charge >= 0.3 is 0 Å². The Kier molecular flexibility index (Phi) is 7.60. The molecule has 0 aliphatic carbocycles. The minimum absolute atomic E-state index is 0.0238. The zero-order valence-corrected chi connectivity index (χ0v) is 19.2. The summed E-state index contributed by atoms with van der Waals surface area (Å²) in [4.78, 5) is 31.9. The van der Waals surface area contributed by atoms with E-state index >= 15 is 0 Å². The minimum Gasteiger partial charge on any atom is -0.490 e. The molecule has 2 atom stereocenters. The van der Waals surface area contributed by atoms with Gasteiger partial charge in [-0.2, -0.15) is 0 Å². The number of piperazine rings is 1. The fourth-order valence-corrected chi connectivity index (χ4v) is 4.59. The van der Waals surface area contributed by atoms with Gasteiger partial charge in [0.2, 0.25) is 11.8 Å². The Balaban J connectivity index is 1.44. The van der Waals surface area contributed by atoms with Crippen molar-refractivity contribution in [3.8, 4) is 5.75 Å². The van der Waals surface area contributed by atoms with E-state index in [0.717, 1.165) is 31.9 Å². The van der Waals surface area contributed by atoms with Crippen LogP contribution in [0.5, 0.6) is 5.75 Å². The first-order chi connectivity index (χ1) is 16.0. The Bertz CT molecular complexity index is 947. The van der Waals surface area contributed by atoms with Crippen LogP contribution in [-0.2, 0) is 16.0 Å². The molecular formula is C26H32FN3O3. The Morgan fingerprint density at radius 1 is 0.909 bits per heavy atom. The van der Waals surface area contributed by atoms with E-state index < -0.39 is 0 Å². The van der Waals surface area contributed by atoms with Gasteiger partial charge in [-0.05, 0) is 30.8 Å². The van der Waals surface area contributed by atoms with E-state index in [1.165, 1.54) is 6.07 Å². The first kappa shape index (κ1) is 23.2. The smallest absolute Gasteiger partial charge is 0.227 e. The van der Waals surface area contributed by atoms with Crippen molar-refractivity contribution >= 4 is 11.8 Å². The van der Waals surface area contributed by atoms with Gasteiger partial charge in [-0.3, -0.25) is 9.59 Å². The van der Waals surface area contributed by atoms with Crippen LogP contribution < -0.4 is 4.74 Å². The second kappa shape index (κ2) is 10.8. The Hall–Kier alpha value is -2.93. The molecule has 2 aromatic rings. The number of carbonyl (C=O) groups is 2. The van der Waals surface area contributed by atoms with Gasteiger partial charge in [-0.25, -0.2) is 4.39 Å². The number of likely N-dealkylation sites (tertiary alicyclic amines) is 1. The van der Waals surface area contributed by atoms with Gasteiger partial charge in [0.25, 0.3) is 0 Å². The molecular weight excluding hydrogens is 421 g/mol. The van der Waals surface area contributed by atoms with Crippen molar-refractivity contribution in [1.29, 1.82) is 0 Å². The summed E-state index contributed by atoms with van der Waals surface area (Å²) in [7, 11) is 2.06. The van der Waals surface area contributed by atoms with E-state index in [9.17, 15) is 14.0 Å². The predicted molar refractivity (Wildman–Crippen MR) is 124 cm³/mol. The number of hydrogen-bond acceptors (Lipinski definition) is 4. The molecule has 33 heavy (non-hydrogen) atoms. The lowest BCUT2D eigenvalue weighted by Gasteiger charge is -2.40. The first-order valence-corrected chi connectivity index (χ1v) is 11.7. The van der Waals surface area contributed by atoms with Gasteiger partial charge in [-0.15, -0.1) is 0 Å². The zero-order chi connectivity index (χ0) is 23.2. The van der Waals surface area contributed by atoms with E-state index in [1.54, 1.807) is 23.1 Å². The number of amides is 2. The number of rotatable bonds is 6. The summed E-state index contributed by atoms with van der Waals surface area (Å²) in [5.41, 5.74) is 0.398. The van der Waals surface area contributed by atoms with E-state index in [-0.39, 0.29) is 36.1 Å². The number of para-hydroxylation sites is 1. The van der Waals surface area contributed by atoms with Gasteiger partial charge < -0.3 is 19.4 Å². The van der Waals surface area contributed by atoms with Gasteiger partial charge in [-0.1, -0.05) is 36.4 Å². The Morgan fingerprint density at radius 2 is 1.61 bits per heavy atom. The summed E-state index contributed by atoms with van der Waals surface area (Å²) in [5, 5.41) is 0. The Morgan fingerprint density at radius 3 is 2.33 bits per heavy atom. The fraction of sp³-hybridized carbons (Fsp3) is 0.462. The average Bonchev–Trinajstić information content (AvgIpc) is 2.82. The van der Waals surface area contributed by atoms with Gasteiger partial charge in [0, 0.05) is 58.0 Å². The molecule has 7 heteroatoms. The van der Waals surface area contributed by atoms with E-state index in [2.05, 4.69) is 11.9 Å². The molecule has 2 fully saturated rings. The van der Waals surface area contributed by atoms with Crippen molar-refractivity contribution in [1.82, 2.24) is 14.7 Å². The van der Waals surface area contributed by atoms with Crippen molar-refractivity contribution in [2.24, 2.45) is 5.92 Å². The topological polar surface area (TPSA) is 53.1 Å². The molecule has 0 unspecified atom stereocenters. The van der Waals surface area contributed by atoms with Crippen LogP contribution in [0.3, 0.4) is 0 Å². The number of carbonyl (C=O) groups excluding carboxylic acids is 2. The SMILES string of the molecule is CN1CCN(C(=O)C[C@H]2CN(C(=O)Cc3ccccc3F)CC[C@@H]2Oc2ccccc2)CC1. The lowest BCUT2D eigenvalue weighted by atomic mass is 9.90. The molecule has 2 heterocycles. The zero-order valence-electron chi connectivity index (χ0n) is 19.2. The third-order valence-corrected chi connectivity index (χ3v) is 6.64. The minimum atomic E-state index is -0.366. The molecule has 2 aliphatic heterocycles. The van der Waals surface area contributed by atoms with Crippen LogP contribution in [0.15, 0.2) is 54.6 Å². The summed E-state index contributed by atoms with van der Waals surface area (Å²) < 4.78 is 20.3. The predicted octanol–water partition coefficient (Wildman–Crippen LogP) is 2.83. The molecule has 0 N–H and O–H groups in total.